The first-order chi connectivity index (χ1) is 15.4. The van der Waals surface area contributed by atoms with Gasteiger partial charge in [-0.3, -0.25) is 19.6 Å². The molecule has 3 aromatic rings. The number of amides is 1. The maximum Gasteiger partial charge on any atom is 0.276 e. The quantitative estimate of drug-likeness (QED) is 0.681. The predicted molar refractivity (Wildman–Crippen MR) is 119 cm³/mol. The Bertz CT molecular complexity index is 1210. The molecule has 0 unspecified atom stereocenters. The Kier molecular flexibility index (Phi) is 5.33. The summed E-state index contributed by atoms with van der Waals surface area (Å²) in [5, 5.41) is 3.29. The first-order valence-electron chi connectivity index (χ1n) is 11.3. The lowest BCUT2D eigenvalue weighted by molar-refractivity contribution is -0.135. The molecule has 2 aromatic heterocycles. The minimum Gasteiger partial charge on any atom is -0.336 e. The van der Waals surface area contributed by atoms with Gasteiger partial charge in [0.15, 0.2) is 5.65 Å². The van der Waals surface area contributed by atoms with Crippen LogP contribution in [0, 0.1) is 11.7 Å². The topological polar surface area (TPSA) is 73.7 Å². The Morgan fingerprint density at radius 2 is 2.03 bits per heavy atom. The first kappa shape index (κ1) is 20.9. The molecule has 0 saturated carbocycles. The van der Waals surface area contributed by atoms with Crippen molar-refractivity contribution in [2.45, 2.75) is 52.2 Å². The van der Waals surface area contributed by atoms with Crippen molar-refractivity contribution in [3.05, 3.63) is 69.0 Å². The molecule has 0 spiro atoms. The largest absolute Gasteiger partial charge is 0.336 e. The van der Waals surface area contributed by atoms with Gasteiger partial charge in [0.2, 0.25) is 5.91 Å². The first-order valence-corrected chi connectivity index (χ1v) is 11.3. The fourth-order valence-corrected chi connectivity index (χ4v) is 4.93. The molecular weight excluding hydrogens is 409 g/mol. The van der Waals surface area contributed by atoms with E-state index < -0.39 is 0 Å². The minimum atomic E-state index is -0.231. The molecule has 1 saturated heterocycles. The number of carbonyl (C=O) groups is 1. The Balaban J connectivity index is 1.43. The van der Waals surface area contributed by atoms with Crippen LogP contribution in [0.1, 0.15) is 55.2 Å². The lowest BCUT2D eigenvalue weighted by Crippen LogP contribution is -2.41. The maximum absolute atomic E-state index is 13.3. The Labute approximate surface area is 185 Å². The van der Waals surface area contributed by atoms with Crippen molar-refractivity contribution in [2.24, 2.45) is 5.92 Å². The van der Waals surface area contributed by atoms with Gasteiger partial charge in [-0.05, 0) is 43.5 Å². The predicted octanol–water partition coefficient (Wildman–Crippen LogP) is 3.04. The second-order valence-electron chi connectivity index (χ2n) is 9.17. The number of likely N-dealkylation sites (tertiary alicyclic amines) is 1. The molecular formula is C24H28FN5O2. The molecule has 168 valence electrons. The SMILES string of the molecule is CC(C)C(=O)N1CCc2c(nc3cc([C@H]4CCCN4Cc4ccc(F)cc4)[nH]n3c2=O)C1. The average Bonchev–Trinajstić information content (AvgIpc) is 3.41. The standard InChI is InChI=1S/C24H28FN5O2/c1-15(2)23(31)29-11-9-18-20(14-29)26-22-12-19(27-30(22)24(18)32)21-4-3-10-28(21)13-16-5-7-17(25)8-6-16/h5-8,12,15,21,27H,3-4,9-11,13-14H2,1-2H3/t21-/m1/s1. The summed E-state index contributed by atoms with van der Waals surface area (Å²) in [6.07, 6.45) is 2.57. The van der Waals surface area contributed by atoms with Gasteiger partial charge in [0.1, 0.15) is 5.82 Å². The van der Waals surface area contributed by atoms with Gasteiger partial charge >= 0.3 is 0 Å². The van der Waals surface area contributed by atoms with Crippen molar-refractivity contribution in [3.63, 3.8) is 0 Å². The number of aromatic amines is 1. The normalized spacial score (nSPS) is 19.1. The zero-order valence-electron chi connectivity index (χ0n) is 18.5. The van der Waals surface area contributed by atoms with E-state index in [9.17, 15) is 14.0 Å². The van der Waals surface area contributed by atoms with Crippen molar-refractivity contribution >= 4 is 11.6 Å². The van der Waals surface area contributed by atoms with E-state index >= 15 is 0 Å². The van der Waals surface area contributed by atoms with Crippen molar-refractivity contribution < 1.29 is 9.18 Å². The van der Waals surface area contributed by atoms with Gasteiger partial charge in [-0.2, -0.15) is 0 Å². The number of nitrogens with one attached hydrogen (secondary N) is 1. The molecule has 1 N–H and O–H groups in total. The summed E-state index contributed by atoms with van der Waals surface area (Å²) in [4.78, 5) is 34.5. The summed E-state index contributed by atoms with van der Waals surface area (Å²) in [5.41, 5.74) is 3.95. The van der Waals surface area contributed by atoms with E-state index in [1.807, 2.05) is 32.0 Å². The lowest BCUT2D eigenvalue weighted by atomic mass is 10.0. The molecule has 0 aliphatic carbocycles. The highest BCUT2D eigenvalue weighted by Gasteiger charge is 2.30. The summed E-state index contributed by atoms with van der Waals surface area (Å²) in [6.45, 7) is 6.39. The number of H-pyrrole nitrogens is 1. The van der Waals surface area contributed by atoms with Gasteiger partial charge < -0.3 is 4.90 Å². The van der Waals surface area contributed by atoms with E-state index in [1.54, 1.807) is 9.42 Å². The highest BCUT2D eigenvalue weighted by molar-refractivity contribution is 5.78. The third kappa shape index (κ3) is 3.72. The van der Waals surface area contributed by atoms with Crippen LogP contribution in [0.5, 0.6) is 0 Å². The van der Waals surface area contributed by atoms with Crippen molar-refractivity contribution in [3.8, 4) is 0 Å². The number of fused-ring (bicyclic) bond motifs is 2. The maximum atomic E-state index is 13.3. The Hall–Kier alpha value is -3.00. The van der Waals surface area contributed by atoms with Crippen LogP contribution in [-0.2, 0) is 24.3 Å². The molecule has 1 atom stereocenters. The van der Waals surface area contributed by atoms with Crippen LogP contribution in [0.3, 0.4) is 0 Å². The fraction of sp³-hybridized carbons (Fsp3) is 0.458. The third-order valence-electron chi connectivity index (χ3n) is 6.61. The average molecular weight is 438 g/mol. The number of rotatable bonds is 4. The van der Waals surface area contributed by atoms with E-state index in [4.69, 9.17) is 4.98 Å². The highest BCUT2D eigenvalue weighted by Crippen LogP contribution is 2.33. The van der Waals surface area contributed by atoms with E-state index in [0.717, 1.165) is 37.2 Å². The van der Waals surface area contributed by atoms with Crippen LogP contribution in [0.15, 0.2) is 35.1 Å². The van der Waals surface area contributed by atoms with E-state index in [-0.39, 0.29) is 29.2 Å². The molecule has 32 heavy (non-hydrogen) atoms. The van der Waals surface area contributed by atoms with Gasteiger partial charge in [-0.25, -0.2) is 13.9 Å². The molecule has 4 heterocycles. The molecule has 1 fully saturated rings. The van der Waals surface area contributed by atoms with Crippen molar-refractivity contribution in [2.75, 3.05) is 13.1 Å². The third-order valence-corrected chi connectivity index (χ3v) is 6.61. The molecule has 8 heteroatoms. The molecule has 1 aromatic carbocycles. The van der Waals surface area contributed by atoms with Crippen molar-refractivity contribution in [1.82, 2.24) is 24.4 Å². The van der Waals surface area contributed by atoms with Gasteiger partial charge in [0, 0.05) is 30.6 Å². The highest BCUT2D eigenvalue weighted by atomic mass is 19.1. The molecule has 2 aliphatic rings. The summed E-state index contributed by atoms with van der Waals surface area (Å²) in [6, 6.07) is 8.73. The Morgan fingerprint density at radius 1 is 1.25 bits per heavy atom. The number of hydrogen-bond donors (Lipinski definition) is 1. The molecule has 5 rings (SSSR count). The van der Waals surface area contributed by atoms with Crippen LogP contribution < -0.4 is 5.56 Å². The van der Waals surface area contributed by atoms with Gasteiger partial charge in [-0.1, -0.05) is 26.0 Å². The number of benzene rings is 1. The second kappa shape index (κ2) is 8.16. The smallest absolute Gasteiger partial charge is 0.276 e. The lowest BCUT2D eigenvalue weighted by Gasteiger charge is -2.29. The second-order valence-corrected chi connectivity index (χ2v) is 9.17. The molecule has 0 radical (unpaired) electrons. The van der Waals surface area contributed by atoms with E-state index in [1.165, 1.54) is 12.1 Å². The number of nitrogens with zero attached hydrogens (tertiary/aromatic N) is 4. The summed E-state index contributed by atoms with van der Waals surface area (Å²) < 4.78 is 14.8. The van der Waals surface area contributed by atoms with Crippen LogP contribution in [-0.4, -0.2) is 43.4 Å². The molecule has 1 amide bonds. The van der Waals surface area contributed by atoms with Crippen LogP contribution in [0.4, 0.5) is 4.39 Å². The van der Waals surface area contributed by atoms with Crippen LogP contribution in [0.25, 0.3) is 5.65 Å². The van der Waals surface area contributed by atoms with E-state index in [2.05, 4.69) is 10.00 Å². The molecule has 2 aliphatic heterocycles. The Morgan fingerprint density at radius 3 is 2.78 bits per heavy atom. The van der Waals surface area contributed by atoms with Crippen LogP contribution >= 0.6 is 0 Å². The number of aromatic nitrogens is 3. The van der Waals surface area contributed by atoms with Crippen LogP contribution in [0.2, 0.25) is 0 Å². The zero-order chi connectivity index (χ0) is 22.4. The monoisotopic (exact) mass is 437 g/mol. The van der Waals surface area contributed by atoms with Gasteiger partial charge in [0.05, 0.1) is 24.0 Å². The summed E-state index contributed by atoms with van der Waals surface area (Å²) >= 11 is 0. The number of carbonyl (C=O) groups excluding carboxylic acids is 1. The number of halogens is 1. The van der Waals surface area contributed by atoms with Gasteiger partial charge in [-0.15, -0.1) is 0 Å². The van der Waals surface area contributed by atoms with E-state index in [0.29, 0.717) is 36.4 Å². The fourth-order valence-electron chi connectivity index (χ4n) is 4.93. The molecule has 7 nitrogen and oxygen atoms in total. The van der Waals surface area contributed by atoms with Crippen molar-refractivity contribution in [1.29, 1.82) is 0 Å². The molecule has 0 bridgehead atoms. The minimum absolute atomic E-state index is 0.0732. The summed E-state index contributed by atoms with van der Waals surface area (Å²) in [7, 11) is 0. The summed E-state index contributed by atoms with van der Waals surface area (Å²) in [5.74, 6) is -0.213. The van der Waals surface area contributed by atoms with Gasteiger partial charge in [0.25, 0.3) is 5.56 Å². The zero-order valence-corrected chi connectivity index (χ0v) is 18.5. The number of hydrogen-bond acceptors (Lipinski definition) is 4.